The van der Waals surface area contributed by atoms with Crippen LogP contribution >= 0.6 is 0 Å². The van der Waals surface area contributed by atoms with E-state index in [2.05, 4.69) is 15.3 Å². The van der Waals surface area contributed by atoms with Gasteiger partial charge in [-0.25, -0.2) is 4.98 Å². The van der Waals surface area contributed by atoms with Gasteiger partial charge in [0.2, 0.25) is 5.75 Å². The van der Waals surface area contributed by atoms with Crippen molar-refractivity contribution in [1.29, 1.82) is 0 Å². The third kappa shape index (κ3) is 3.64. The zero-order valence-corrected chi connectivity index (χ0v) is 10.8. The monoisotopic (exact) mass is 265 g/mol. The molecule has 0 saturated carbocycles. The van der Waals surface area contributed by atoms with Crippen molar-refractivity contribution in [2.24, 2.45) is 5.92 Å². The second-order valence-electron chi connectivity index (χ2n) is 4.95. The smallest absolute Gasteiger partial charge is 0.293 e. The van der Waals surface area contributed by atoms with Crippen molar-refractivity contribution in [3.63, 3.8) is 0 Å². The molecule has 2 heterocycles. The van der Waals surface area contributed by atoms with Gasteiger partial charge < -0.3 is 15.4 Å². The quantitative estimate of drug-likeness (QED) is 0.678. The van der Waals surface area contributed by atoms with E-state index in [0.717, 1.165) is 31.8 Å². The van der Waals surface area contributed by atoms with Crippen LogP contribution in [0.4, 0.5) is 0 Å². The van der Waals surface area contributed by atoms with Crippen molar-refractivity contribution in [2.75, 3.05) is 13.1 Å². The molecule has 1 aliphatic heterocycles. The molecule has 1 saturated heterocycles. The van der Waals surface area contributed by atoms with Crippen molar-refractivity contribution < 1.29 is 9.90 Å². The van der Waals surface area contributed by atoms with E-state index >= 15 is 0 Å². The fourth-order valence-corrected chi connectivity index (χ4v) is 2.46. The number of carbonyl (C=O) groups is 1. The first-order valence-corrected chi connectivity index (χ1v) is 6.68. The van der Waals surface area contributed by atoms with Crippen molar-refractivity contribution in [3.05, 3.63) is 21.9 Å². The Bertz CT molecular complexity index is 492. The van der Waals surface area contributed by atoms with E-state index in [0.29, 0.717) is 18.5 Å². The van der Waals surface area contributed by atoms with E-state index in [1.807, 2.05) is 0 Å². The molecule has 0 unspecified atom stereocenters. The summed E-state index contributed by atoms with van der Waals surface area (Å²) in [6.45, 7) is 2.16. The number of nitrogens with one attached hydrogen (secondary N) is 2. The number of hydrogen-bond donors (Lipinski definition) is 3. The number of piperidine rings is 1. The van der Waals surface area contributed by atoms with Crippen molar-refractivity contribution in [1.82, 2.24) is 15.3 Å². The van der Waals surface area contributed by atoms with Gasteiger partial charge in [0.15, 0.2) is 12.0 Å². The van der Waals surface area contributed by atoms with Gasteiger partial charge in [0.05, 0.1) is 0 Å². The molecule has 1 aliphatic rings. The average Bonchev–Trinajstić information content (AvgIpc) is 2.43. The molecule has 0 bridgehead atoms. The van der Waals surface area contributed by atoms with Crippen molar-refractivity contribution in [3.8, 4) is 5.75 Å². The normalized spacial score (nSPS) is 16.4. The Kier molecular flexibility index (Phi) is 4.68. The molecule has 2 rings (SSSR count). The van der Waals surface area contributed by atoms with Gasteiger partial charge in [0.25, 0.3) is 5.56 Å². The first-order valence-electron chi connectivity index (χ1n) is 6.68. The number of aromatic amines is 1. The van der Waals surface area contributed by atoms with Crippen LogP contribution in [0.5, 0.6) is 5.75 Å². The Labute approximate surface area is 111 Å². The molecular weight excluding hydrogens is 246 g/mol. The molecule has 104 valence electrons. The lowest BCUT2D eigenvalue weighted by Gasteiger charge is -2.22. The van der Waals surface area contributed by atoms with Crippen LogP contribution in [0.2, 0.25) is 0 Å². The van der Waals surface area contributed by atoms with Gasteiger partial charge in [-0.15, -0.1) is 0 Å². The number of carbonyl (C=O) groups excluding carboxylic acids is 1. The van der Waals surface area contributed by atoms with Crippen LogP contribution in [0.15, 0.2) is 4.79 Å². The summed E-state index contributed by atoms with van der Waals surface area (Å²) in [4.78, 5) is 28.5. The largest absolute Gasteiger partial charge is 0.501 e. The number of aromatic nitrogens is 2. The second-order valence-corrected chi connectivity index (χ2v) is 4.95. The Morgan fingerprint density at radius 1 is 1.37 bits per heavy atom. The van der Waals surface area contributed by atoms with Crippen LogP contribution in [0.1, 0.15) is 42.0 Å². The first kappa shape index (κ1) is 13.7. The maximum absolute atomic E-state index is 11.4. The highest BCUT2D eigenvalue weighted by Gasteiger charge is 2.13. The third-order valence-corrected chi connectivity index (χ3v) is 3.57. The molecule has 0 aromatic carbocycles. The number of aldehydes is 1. The summed E-state index contributed by atoms with van der Waals surface area (Å²) in [7, 11) is 0. The molecule has 6 nitrogen and oxygen atoms in total. The van der Waals surface area contributed by atoms with E-state index in [1.165, 1.54) is 12.8 Å². The first-order chi connectivity index (χ1) is 9.20. The minimum atomic E-state index is -0.644. The van der Waals surface area contributed by atoms with Crippen LogP contribution in [-0.4, -0.2) is 34.5 Å². The van der Waals surface area contributed by atoms with Crippen molar-refractivity contribution in [2.45, 2.75) is 32.1 Å². The van der Waals surface area contributed by atoms with Crippen molar-refractivity contribution >= 4 is 6.29 Å². The molecule has 19 heavy (non-hydrogen) atoms. The number of nitrogens with zero attached hydrogens (tertiary/aromatic N) is 1. The lowest BCUT2D eigenvalue weighted by Crippen LogP contribution is -2.27. The van der Waals surface area contributed by atoms with Gasteiger partial charge in [-0.3, -0.25) is 9.59 Å². The van der Waals surface area contributed by atoms with Crippen LogP contribution in [0.25, 0.3) is 0 Å². The lowest BCUT2D eigenvalue weighted by molar-refractivity contribution is 0.111. The summed E-state index contributed by atoms with van der Waals surface area (Å²) in [6.07, 6.45) is 5.44. The number of hydrogen-bond acceptors (Lipinski definition) is 5. The fourth-order valence-electron chi connectivity index (χ4n) is 2.46. The summed E-state index contributed by atoms with van der Waals surface area (Å²) in [5.74, 6) is 0.603. The summed E-state index contributed by atoms with van der Waals surface area (Å²) in [6, 6.07) is 0. The SMILES string of the molecule is O=Cc1nc(CCCC2CCNCC2)[nH]c(=O)c1O. The number of H-pyrrole nitrogens is 1. The highest BCUT2D eigenvalue weighted by atomic mass is 16.3. The molecule has 6 heteroatoms. The molecule has 3 N–H and O–H groups in total. The Balaban J connectivity index is 1.90. The number of aryl methyl sites for hydroxylation is 1. The molecule has 0 aliphatic carbocycles. The van der Waals surface area contributed by atoms with Gasteiger partial charge in [0.1, 0.15) is 5.82 Å². The predicted molar refractivity (Wildman–Crippen MR) is 70.4 cm³/mol. The fraction of sp³-hybridized carbons (Fsp3) is 0.615. The average molecular weight is 265 g/mol. The van der Waals surface area contributed by atoms with Crippen LogP contribution in [0.3, 0.4) is 0 Å². The molecule has 1 aromatic rings. The van der Waals surface area contributed by atoms with Gasteiger partial charge in [-0.1, -0.05) is 0 Å². The van der Waals surface area contributed by atoms with E-state index in [9.17, 15) is 14.7 Å². The summed E-state index contributed by atoms with van der Waals surface area (Å²) < 4.78 is 0. The van der Waals surface area contributed by atoms with E-state index in [1.54, 1.807) is 0 Å². The van der Waals surface area contributed by atoms with Gasteiger partial charge >= 0.3 is 0 Å². The Morgan fingerprint density at radius 2 is 2.11 bits per heavy atom. The molecule has 1 aromatic heterocycles. The molecule has 0 spiro atoms. The molecular formula is C13H19N3O3. The van der Waals surface area contributed by atoms with Gasteiger partial charge in [-0.05, 0) is 44.7 Å². The molecule has 1 fully saturated rings. The lowest BCUT2D eigenvalue weighted by atomic mass is 9.92. The zero-order valence-electron chi connectivity index (χ0n) is 10.8. The van der Waals surface area contributed by atoms with Gasteiger partial charge in [0, 0.05) is 6.42 Å². The molecule has 0 radical (unpaired) electrons. The standard InChI is InChI=1S/C13H19N3O3/c17-8-10-12(18)13(19)16-11(15-10)3-1-2-9-4-6-14-7-5-9/h8-9,14,18H,1-7H2,(H,15,16,19). The highest BCUT2D eigenvalue weighted by molar-refractivity contribution is 5.75. The zero-order chi connectivity index (χ0) is 13.7. The minimum Gasteiger partial charge on any atom is -0.501 e. The summed E-state index contributed by atoms with van der Waals surface area (Å²) in [5, 5.41) is 12.6. The molecule has 0 amide bonds. The molecule has 0 atom stereocenters. The van der Waals surface area contributed by atoms with Crippen LogP contribution in [0, 0.1) is 5.92 Å². The van der Waals surface area contributed by atoms with E-state index < -0.39 is 11.3 Å². The third-order valence-electron chi connectivity index (χ3n) is 3.57. The summed E-state index contributed by atoms with van der Waals surface area (Å²) >= 11 is 0. The number of aromatic hydroxyl groups is 1. The van der Waals surface area contributed by atoms with E-state index in [-0.39, 0.29) is 5.69 Å². The maximum atomic E-state index is 11.4. The Morgan fingerprint density at radius 3 is 2.79 bits per heavy atom. The van der Waals surface area contributed by atoms with Gasteiger partial charge in [-0.2, -0.15) is 0 Å². The topological polar surface area (TPSA) is 95.1 Å². The maximum Gasteiger partial charge on any atom is 0.293 e. The summed E-state index contributed by atoms with van der Waals surface area (Å²) in [5.41, 5.74) is -0.824. The minimum absolute atomic E-state index is 0.180. The van der Waals surface area contributed by atoms with E-state index in [4.69, 9.17) is 0 Å². The predicted octanol–water partition coefficient (Wildman–Crippen LogP) is 0.610. The highest BCUT2D eigenvalue weighted by Crippen LogP contribution is 2.18. The Hall–Kier alpha value is -1.69. The second kappa shape index (κ2) is 6.47. The van der Waals surface area contributed by atoms with Crippen LogP contribution < -0.4 is 10.9 Å². The number of rotatable bonds is 5. The van der Waals surface area contributed by atoms with Crippen LogP contribution in [-0.2, 0) is 6.42 Å².